The Hall–Kier alpha value is -1.69. The van der Waals surface area contributed by atoms with E-state index in [-0.39, 0.29) is 16.3 Å². The first kappa shape index (κ1) is 13.7. The van der Waals surface area contributed by atoms with Gasteiger partial charge in [-0.3, -0.25) is 4.79 Å². The summed E-state index contributed by atoms with van der Waals surface area (Å²) in [6.07, 6.45) is 2.18. The highest BCUT2D eigenvalue weighted by Crippen LogP contribution is 2.25. The largest absolute Gasteiger partial charge is 0.298 e. The second-order valence-corrected chi connectivity index (χ2v) is 7.59. The van der Waals surface area contributed by atoms with E-state index < -0.39 is 15.3 Å². The van der Waals surface area contributed by atoms with Crippen molar-refractivity contribution in [2.24, 2.45) is 5.41 Å². The molecule has 0 fully saturated rings. The molecule has 2 aromatic rings. The molecule has 2 heterocycles. The molecule has 0 radical (unpaired) electrons. The van der Waals surface area contributed by atoms with Crippen LogP contribution >= 0.6 is 0 Å². The second-order valence-electron chi connectivity index (χ2n) is 5.69. The first-order valence-electron chi connectivity index (χ1n) is 5.90. The molecule has 0 aliphatic carbocycles. The van der Waals surface area contributed by atoms with E-state index in [0.717, 1.165) is 0 Å². The molecule has 102 valence electrons. The van der Waals surface area contributed by atoms with Gasteiger partial charge in [-0.25, -0.2) is 12.9 Å². The average Bonchev–Trinajstić information content (AvgIpc) is 2.64. The van der Waals surface area contributed by atoms with Crippen molar-refractivity contribution in [1.29, 1.82) is 0 Å². The lowest BCUT2D eigenvalue weighted by Crippen LogP contribution is -2.22. The van der Waals surface area contributed by atoms with Crippen LogP contribution in [0.15, 0.2) is 29.4 Å². The number of hydrogen-bond donors (Lipinski definition) is 0. The zero-order chi connectivity index (χ0) is 14.3. The van der Waals surface area contributed by atoms with Gasteiger partial charge in [-0.05, 0) is 17.5 Å². The average molecular weight is 280 g/mol. The van der Waals surface area contributed by atoms with Crippen LogP contribution in [0, 0.1) is 5.41 Å². The number of carbonyl (C=O) groups is 1. The SMILES string of the molecule is CC(C)(C)CS(=O)(=O)c1nn2ccccc2c1C=O. The fraction of sp³-hybridized carbons (Fsp3) is 0.385. The molecule has 0 spiro atoms. The fourth-order valence-corrected chi connectivity index (χ4v) is 3.95. The molecule has 19 heavy (non-hydrogen) atoms. The zero-order valence-corrected chi connectivity index (χ0v) is 11.9. The Balaban J connectivity index is 2.66. The summed E-state index contributed by atoms with van der Waals surface area (Å²) >= 11 is 0. The Morgan fingerprint density at radius 2 is 2.00 bits per heavy atom. The van der Waals surface area contributed by atoms with Crippen LogP contribution in [-0.4, -0.2) is 30.1 Å². The zero-order valence-electron chi connectivity index (χ0n) is 11.1. The van der Waals surface area contributed by atoms with Gasteiger partial charge in [-0.1, -0.05) is 26.8 Å². The van der Waals surface area contributed by atoms with E-state index in [9.17, 15) is 13.2 Å². The lowest BCUT2D eigenvalue weighted by molar-refractivity contribution is 0.112. The number of hydrogen-bond acceptors (Lipinski definition) is 4. The summed E-state index contributed by atoms with van der Waals surface area (Å²) in [4.78, 5) is 11.2. The molecule has 2 rings (SSSR count). The minimum Gasteiger partial charge on any atom is -0.298 e. The van der Waals surface area contributed by atoms with Crippen LogP contribution in [0.3, 0.4) is 0 Å². The smallest absolute Gasteiger partial charge is 0.198 e. The molecule has 6 heteroatoms. The third-order valence-electron chi connectivity index (χ3n) is 2.58. The van der Waals surface area contributed by atoms with Crippen molar-refractivity contribution in [3.63, 3.8) is 0 Å². The van der Waals surface area contributed by atoms with Gasteiger partial charge in [-0.15, -0.1) is 0 Å². The first-order chi connectivity index (χ1) is 8.74. The maximum Gasteiger partial charge on any atom is 0.198 e. The van der Waals surface area contributed by atoms with Gasteiger partial charge < -0.3 is 0 Å². The van der Waals surface area contributed by atoms with Gasteiger partial charge in [0, 0.05) is 6.20 Å². The van der Waals surface area contributed by atoms with E-state index in [4.69, 9.17) is 0 Å². The Morgan fingerprint density at radius 1 is 1.32 bits per heavy atom. The van der Waals surface area contributed by atoms with Gasteiger partial charge >= 0.3 is 0 Å². The molecule has 0 atom stereocenters. The van der Waals surface area contributed by atoms with E-state index in [0.29, 0.717) is 11.8 Å². The lowest BCUT2D eigenvalue weighted by atomic mass is 10.0. The quantitative estimate of drug-likeness (QED) is 0.806. The molecule has 0 amide bonds. The molecule has 0 aliphatic heterocycles. The highest BCUT2D eigenvalue weighted by Gasteiger charge is 2.29. The van der Waals surface area contributed by atoms with Gasteiger partial charge in [0.15, 0.2) is 21.1 Å². The van der Waals surface area contributed by atoms with Crippen LogP contribution in [0.5, 0.6) is 0 Å². The molecular formula is C13H16N2O3S. The number of fused-ring (bicyclic) bond motifs is 1. The minimum absolute atomic E-state index is 0.0509. The normalized spacial score (nSPS) is 12.8. The molecule has 0 saturated carbocycles. The van der Waals surface area contributed by atoms with Crippen molar-refractivity contribution in [2.75, 3.05) is 5.75 Å². The van der Waals surface area contributed by atoms with Crippen molar-refractivity contribution in [3.8, 4) is 0 Å². The Kier molecular flexibility index (Phi) is 3.22. The van der Waals surface area contributed by atoms with E-state index in [2.05, 4.69) is 5.10 Å². The summed E-state index contributed by atoms with van der Waals surface area (Å²) in [6.45, 7) is 5.50. The molecule has 0 saturated heterocycles. The van der Waals surface area contributed by atoms with Crippen LogP contribution in [0.1, 0.15) is 31.1 Å². The van der Waals surface area contributed by atoms with E-state index in [1.807, 2.05) is 20.8 Å². The van der Waals surface area contributed by atoms with Gasteiger partial charge in [0.1, 0.15) is 0 Å². The van der Waals surface area contributed by atoms with Crippen molar-refractivity contribution in [3.05, 3.63) is 30.0 Å². The topological polar surface area (TPSA) is 68.5 Å². The van der Waals surface area contributed by atoms with Gasteiger partial charge in [0.25, 0.3) is 0 Å². The molecule has 0 unspecified atom stereocenters. The number of rotatable bonds is 3. The molecule has 2 aromatic heterocycles. The summed E-state index contributed by atoms with van der Waals surface area (Å²) in [5.41, 5.74) is 0.240. The number of aromatic nitrogens is 2. The van der Waals surface area contributed by atoms with Crippen LogP contribution in [-0.2, 0) is 9.84 Å². The second kappa shape index (κ2) is 4.45. The predicted octanol–water partition coefficient (Wildman–Crippen LogP) is 1.97. The number of pyridine rings is 1. The summed E-state index contributed by atoms with van der Waals surface area (Å²) < 4.78 is 26.1. The van der Waals surface area contributed by atoms with E-state index in [1.165, 1.54) is 4.52 Å². The van der Waals surface area contributed by atoms with Crippen molar-refractivity contribution < 1.29 is 13.2 Å². The molecule has 0 N–H and O–H groups in total. The Bertz CT molecular complexity index is 724. The molecule has 0 aliphatic rings. The lowest BCUT2D eigenvalue weighted by Gasteiger charge is -2.16. The molecule has 5 nitrogen and oxygen atoms in total. The van der Waals surface area contributed by atoms with E-state index >= 15 is 0 Å². The van der Waals surface area contributed by atoms with E-state index in [1.54, 1.807) is 24.4 Å². The minimum atomic E-state index is -3.59. The molecular weight excluding hydrogens is 264 g/mol. The van der Waals surface area contributed by atoms with Gasteiger partial charge in [-0.2, -0.15) is 5.10 Å². The monoisotopic (exact) mass is 280 g/mol. The van der Waals surface area contributed by atoms with Crippen LogP contribution in [0.25, 0.3) is 5.52 Å². The van der Waals surface area contributed by atoms with Crippen LogP contribution < -0.4 is 0 Å². The van der Waals surface area contributed by atoms with Crippen LogP contribution in [0.2, 0.25) is 0 Å². The highest BCUT2D eigenvalue weighted by atomic mass is 32.2. The molecule has 0 aromatic carbocycles. The maximum absolute atomic E-state index is 12.4. The van der Waals surface area contributed by atoms with Crippen LogP contribution in [0.4, 0.5) is 0 Å². The third kappa shape index (κ3) is 2.68. The standard InChI is InChI=1S/C13H16N2O3S/c1-13(2,3)9-19(17,18)12-10(8-16)11-6-4-5-7-15(11)14-12/h4-8H,9H2,1-3H3. The number of sulfone groups is 1. The predicted molar refractivity (Wildman–Crippen MR) is 72.1 cm³/mol. The molecule has 0 bridgehead atoms. The Labute approximate surface area is 112 Å². The summed E-state index contributed by atoms with van der Waals surface area (Å²) in [7, 11) is -3.59. The summed E-state index contributed by atoms with van der Waals surface area (Å²) in [5, 5.41) is 3.90. The number of carbonyl (C=O) groups excluding carboxylic acids is 1. The number of aldehydes is 1. The number of nitrogens with zero attached hydrogens (tertiary/aromatic N) is 2. The van der Waals surface area contributed by atoms with Crippen molar-refractivity contribution in [2.45, 2.75) is 25.8 Å². The Morgan fingerprint density at radius 3 is 2.58 bits per heavy atom. The third-order valence-corrected chi connectivity index (χ3v) is 4.72. The maximum atomic E-state index is 12.4. The van der Waals surface area contributed by atoms with Gasteiger partial charge in [0.05, 0.1) is 16.8 Å². The summed E-state index contributed by atoms with van der Waals surface area (Å²) in [5.74, 6) is -0.0509. The van der Waals surface area contributed by atoms with Crippen molar-refractivity contribution >= 4 is 21.6 Å². The first-order valence-corrected chi connectivity index (χ1v) is 7.55. The van der Waals surface area contributed by atoms with Crippen molar-refractivity contribution in [1.82, 2.24) is 9.61 Å². The fourth-order valence-electron chi connectivity index (χ4n) is 1.98. The summed E-state index contributed by atoms with van der Waals surface area (Å²) in [6, 6.07) is 5.14. The van der Waals surface area contributed by atoms with Gasteiger partial charge in [0.2, 0.25) is 0 Å². The highest BCUT2D eigenvalue weighted by molar-refractivity contribution is 7.91.